The number of aliphatic carboxylic acids is 1. The summed E-state index contributed by atoms with van der Waals surface area (Å²) in [5.41, 5.74) is 2.54. The number of aromatic nitrogens is 3. The van der Waals surface area contributed by atoms with Gasteiger partial charge in [-0.05, 0) is 58.0 Å². The third kappa shape index (κ3) is 4.64. The van der Waals surface area contributed by atoms with Crippen LogP contribution in [-0.4, -0.2) is 44.1 Å². The van der Waals surface area contributed by atoms with Gasteiger partial charge in [0.2, 0.25) is 0 Å². The molecule has 0 saturated carbocycles. The van der Waals surface area contributed by atoms with Crippen LogP contribution in [0.2, 0.25) is 0 Å². The maximum atomic E-state index is 11.0. The van der Waals surface area contributed by atoms with Crippen molar-refractivity contribution in [1.29, 1.82) is 0 Å². The van der Waals surface area contributed by atoms with Crippen LogP contribution in [0, 0.1) is 5.92 Å². The molecule has 0 amide bonds. The van der Waals surface area contributed by atoms with Crippen LogP contribution < -0.4 is 0 Å². The maximum Gasteiger partial charge on any atom is 0.306 e. The van der Waals surface area contributed by atoms with Crippen LogP contribution in [0.1, 0.15) is 50.6 Å². The zero-order valence-corrected chi connectivity index (χ0v) is 13.7. The van der Waals surface area contributed by atoms with E-state index in [-0.39, 0.29) is 5.92 Å². The fourth-order valence-corrected chi connectivity index (χ4v) is 3.48. The minimum atomic E-state index is -0.660. The lowest BCUT2D eigenvalue weighted by molar-refractivity contribution is -0.143. The topological polar surface area (TPSA) is 71.2 Å². The van der Waals surface area contributed by atoms with Gasteiger partial charge < -0.3 is 5.11 Å². The average Bonchev–Trinajstić information content (AvgIpc) is 3.02. The van der Waals surface area contributed by atoms with Crippen LogP contribution in [0.5, 0.6) is 0 Å². The minimum Gasteiger partial charge on any atom is -0.481 e. The SMILES string of the molecule is O=C(O)C1CCN(Cc2cn(CCC3=CCCCC3)nn2)CC1. The first-order valence-corrected chi connectivity index (χ1v) is 8.73. The fraction of sp³-hybridized carbons (Fsp3) is 0.706. The van der Waals surface area contributed by atoms with E-state index in [1.807, 2.05) is 10.9 Å². The standard InChI is InChI=1S/C17H26N4O2/c22-17(23)15-7-9-20(10-8-15)12-16-13-21(19-18-16)11-6-14-4-2-1-3-5-14/h4,13,15H,1-3,5-12H2,(H,22,23). The van der Waals surface area contributed by atoms with Crippen molar-refractivity contribution in [3.63, 3.8) is 0 Å². The van der Waals surface area contributed by atoms with Crippen LogP contribution in [0.15, 0.2) is 17.8 Å². The van der Waals surface area contributed by atoms with Gasteiger partial charge in [0.25, 0.3) is 0 Å². The summed E-state index contributed by atoms with van der Waals surface area (Å²) < 4.78 is 1.94. The Bertz CT molecular complexity index is 559. The lowest BCUT2D eigenvalue weighted by Gasteiger charge is -2.29. The van der Waals surface area contributed by atoms with E-state index < -0.39 is 5.97 Å². The zero-order chi connectivity index (χ0) is 16.1. The molecule has 2 heterocycles. The van der Waals surface area contributed by atoms with Gasteiger partial charge in [-0.1, -0.05) is 16.9 Å². The Balaban J connectivity index is 1.44. The molecular formula is C17H26N4O2. The van der Waals surface area contributed by atoms with E-state index >= 15 is 0 Å². The van der Waals surface area contributed by atoms with Gasteiger partial charge in [0.15, 0.2) is 0 Å². The fourth-order valence-electron chi connectivity index (χ4n) is 3.48. The first kappa shape index (κ1) is 16.2. The number of allylic oxidation sites excluding steroid dienone is 2. The number of rotatable bonds is 6. The molecule has 0 atom stereocenters. The van der Waals surface area contributed by atoms with Gasteiger partial charge in [0, 0.05) is 19.3 Å². The van der Waals surface area contributed by atoms with Crippen LogP contribution in [0.25, 0.3) is 0 Å². The molecule has 1 fully saturated rings. The number of nitrogens with zero attached hydrogens (tertiary/aromatic N) is 4. The molecule has 1 saturated heterocycles. The average molecular weight is 318 g/mol. The van der Waals surface area contributed by atoms with E-state index in [0.29, 0.717) is 0 Å². The lowest BCUT2D eigenvalue weighted by Crippen LogP contribution is -2.35. The molecule has 3 rings (SSSR count). The van der Waals surface area contributed by atoms with Crippen molar-refractivity contribution >= 4 is 5.97 Å². The molecule has 1 aliphatic carbocycles. The number of hydrogen-bond donors (Lipinski definition) is 1. The number of carboxylic acids is 1. The molecule has 0 aromatic carbocycles. The molecule has 2 aliphatic rings. The number of likely N-dealkylation sites (tertiary alicyclic amines) is 1. The molecule has 6 heteroatoms. The molecule has 23 heavy (non-hydrogen) atoms. The van der Waals surface area contributed by atoms with Crippen molar-refractivity contribution in [3.05, 3.63) is 23.5 Å². The van der Waals surface area contributed by atoms with Crippen molar-refractivity contribution in [2.75, 3.05) is 13.1 Å². The molecule has 1 aliphatic heterocycles. The summed E-state index contributed by atoms with van der Waals surface area (Å²) >= 11 is 0. The van der Waals surface area contributed by atoms with E-state index in [4.69, 9.17) is 5.11 Å². The Hall–Kier alpha value is -1.69. The highest BCUT2D eigenvalue weighted by molar-refractivity contribution is 5.70. The molecule has 126 valence electrons. The van der Waals surface area contributed by atoms with Crippen molar-refractivity contribution in [1.82, 2.24) is 19.9 Å². The second-order valence-electron chi connectivity index (χ2n) is 6.72. The van der Waals surface area contributed by atoms with Gasteiger partial charge in [-0.25, -0.2) is 0 Å². The predicted octanol–water partition coefficient (Wildman–Crippen LogP) is 2.47. The largest absolute Gasteiger partial charge is 0.481 e. The van der Waals surface area contributed by atoms with Crippen molar-refractivity contribution in [2.24, 2.45) is 5.92 Å². The summed E-state index contributed by atoms with van der Waals surface area (Å²) in [6.45, 7) is 3.34. The van der Waals surface area contributed by atoms with Gasteiger partial charge in [-0.2, -0.15) is 0 Å². The second-order valence-corrected chi connectivity index (χ2v) is 6.72. The number of aryl methyl sites for hydroxylation is 1. The molecule has 1 N–H and O–H groups in total. The Morgan fingerprint density at radius 2 is 2.13 bits per heavy atom. The number of carbonyl (C=O) groups is 1. The summed E-state index contributed by atoms with van der Waals surface area (Å²) in [7, 11) is 0. The molecule has 0 radical (unpaired) electrons. The van der Waals surface area contributed by atoms with Gasteiger partial charge in [-0.3, -0.25) is 14.4 Å². The maximum absolute atomic E-state index is 11.0. The highest BCUT2D eigenvalue weighted by Crippen LogP contribution is 2.21. The third-order valence-corrected chi connectivity index (χ3v) is 4.96. The molecule has 0 unspecified atom stereocenters. The van der Waals surface area contributed by atoms with Gasteiger partial charge >= 0.3 is 5.97 Å². The van der Waals surface area contributed by atoms with E-state index in [2.05, 4.69) is 21.3 Å². The van der Waals surface area contributed by atoms with Gasteiger partial charge in [0.1, 0.15) is 0 Å². The summed E-state index contributed by atoms with van der Waals surface area (Å²) in [6.07, 6.45) is 12.1. The molecule has 0 spiro atoms. The monoisotopic (exact) mass is 318 g/mol. The molecule has 6 nitrogen and oxygen atoms in total. The summed E-state index contributed by atoms with van der Waals surface area (Å²) in [5.74, 6) is -0.835. The van der Waals surface area contributed by atoms with E-state index in [1.165, 1.54) is 25.7 Å². The van der Waals surface area contributed by atoms with E-state index in [1.54, 1.807) is 5.57 Å². The second kappa shape index (κ2) is 7.73. The molecule has 1 aromatic heterocycles. The normalized spacial score (nSPS) is 20.4. The first-order chi connectivity index (χ1) is 11.2. The van der Waals surface area contributed by atoms with Crippen molar-refractivity contribution in [2.45, 2.75) is 58.0 Å². The highest BCUT2D eigenvalue weighted by Gasteiger charge is 2.24. The number of hydrogen-bond acceptors (Lipinski definition) is 4. The van der Waals surface area contributed by atoms with Crippen LogP contribution >= 0.6 is 0 Å². The Kier molecular flexibility index (Phi) is 5.43. The predicted molar refractivity (Wildman–Crippen MR) is 86.8 cm³/mol. The Morgan fingerprint density at radius 1 is 1.30 bits per heavy atom. The van der Waals surface area contributed by atoms with Crippen molar-refractivity contribution < 1.29 is 9.90 Å². The first-order valence-electron chi connectivity index (χ1n) is 8.73. The quantitative estimate of drug-likeness (QED) is 0.816. The van der Waals surface area contributed by atoms with Crippen LogP contribution in [0.4, 0.5) is 0 Å². The smallest absolute Gasteiger partial charge is 0.306 e. The Morgan fingerprint density at radius 3 is 2.83 bits per heavy atom. The lowest BCUT2D eigenvalue weighted by atomic mass is 9.97. The van der Waals surface area contributed by atoms with E-state index in [0.717, 1.165) is 51.1 Å². The highest BCUT2D eigenvalue weighted by atomic mass is 16.4. The third-order valence-electron chi connectivity index (χ3n) is 4.96. The minimum absolute atomic E-state index is 0.175. The molecular weight excluding hydrogens is 292 g/mol. The molecule has 1 aromatic rings. The number of piperidine rings is 1. The Labute approximate surface area is 137 Å². The molecule has 0 bridgehead atoms. The summed E-state index contributed by atoms with van der Waals surface area (Å²) in [5, 5.41) is 17.5. The summed E-state index contributed by atoms with van der Waals surface area (Å²) in [6, 6.07) is 0. The van der Waals surface area contributed by atoms with Gasteiger partial charge in [0.05, 0.1) is 11.6 Å². The van der Waals surface area contributed by atoms with Gasteiger partial charge in [-0.15, -0.1) is 5.10 Å². The number of carboxylic acid groups (broad SMARTS) is 1. The summed E-state index contributed by atoms with van der Waals surface area (Å²) in [4.78, 5) is 13.3. The van der Waals surface area contributed by atoms with E-state index in [9.17, 15) is 4.79 Å². The van der Waals surface area contributed by atoms with Crippen molar-refractivity contribution in [3.8, 4) is 0 Å². The zero-order valence-electron chi connectivity index (χ0n) is 13.7. The van der Waals surface area contributed by atoms with Crippen LogP contribution in [-0.2, 0) is 17.9 Å². The van der Waals surface area contributed by atoms with Crippen LogP contribution in [0.3, 0.4) is 0 Å².